The molecule has 0 atom stereocenters. The van der Waals surface area contributed by atoms with Crippen LogP contribution >= 0.6 is 15.9 Å². The average molecular weight is 504 g/mol. The minimum absolute atomic E-state index is 0.00810. The molecule has 3 rings (SSSR count). The normalized spacial score (nSPS) is 11.1. The van der Waals surface area contributed by atoms with Gasteiger partial charge in [-0.2, -0.15) is 4.31 Å². The predicted molar refractivity (Wildman–Crippen MR) is 123 cm³/mol. The highest BCUT2D eigenvalue weighted by atomic mass is 79.9. The Labute approximate surface area is 190 Å². The number of rotatable bonds is 8. The lowest BCUT2D eigenvalue weighted by molar-refractivity contribution is -0.119. The number of aryl methyl sites for hydroxylation is 1. The summed E-state index contributed by atoms with van der Waals surface area (Å²) in [5.41, 5.74) is 1.22. The van der Waals surface area contributed by atoms with Gasteiger partial charge in [0.2, 0.25) is 0 Å². The number of halogens is 1. The van der Waals surface area contributed by atoms with Gasteiger partial charge in [0, 0.05) is 0 Å². The smallest absolute Gasteiger partial charge is 0.278 e. The van der Waals surface area contributed by atoms with E-state index in [4.69, 9.17) is 9.47 Å². The fourth-order valence-electron chi connectivity index (χ4n) is 2.88. The molecule has 3 aromatic carbocycles. The van der Waals surface area contributed by atoms with Crippen LogP contribution in [0, 0.1) is 6.92 Å². The summed E-state index contributed by atoms with van der Waals surface area (Å²) in [5, 5.41) is 0. The Morgan fingerprint density at radius 1 is 0.968 bits per heavy atom. The van der Waals surface area contributed by atoms with E-state index in [1.165, 1.54) is 24.3 Å². The monoisotopic (exact) mass is 503 g/mol. The van der Waals surface area contributed by atoms with Crippen LogP contribution in [0.5, 0.6) is 11.5 Å². The number of ether oxygens (including phenoxy) is 2. The van der Waals surface area contributed by atoms with Crippen molar-refractivity contribution in [1.29, 1.82) is 0 Å². The maximum Gasteiger partial charge on any atom is 0.278 e. The quantitative estimate of drug-likeness (QED) is 0.434. The minimum Gasteiger partial charge on any atom is -0.494 e. The molecule has 0 bridgehead atoms. The number of nitrogens with zero attached hydrogens (tertiary/aromatic N) is 1. The fraction of sp³-hybridized carbons (Fsp3) is 0.174. The van der Waals surface area contributed by atoms with Gasteiger partial charge < -0.3 is 9.47 Å². The topological polar surface area (TPSA) is 72.9 Å². The number of benzene rings is 3. The molecule has 0 aromatic heterocycles. The maximum atomic E-state index is 13.3. The summed E-state index contributed by atoms with van der Waals surface area (Å²) >= 11 is 3.40. The van der Waals surface area contributed by atoms with Gasteiger partial charge in [-0.05, 0) is 83.9 Å². The van der Waals surface area contributed by atoms with E-state index in [1.54, 1.807) is 36.4 Å². The molecule has 6 nitrogen and oxygen atoms in total. The second-order valence-electron chi connectivity index (χ2n) is 6.63. The Hall–Kier alpha value is -2.84. The lowest BCUT2D eigenvalue weighted by Gasteiger charge is -2.23. The fourth-order valence-corrected chi connectivity index (χ4v) is 4.92. The van der Waals surface area contributed by atoms with Crippen molar-refractivity contribution in [2.75, 3.05) is 17.5 Å². The average Bonchev–Trinajstić information content (AvgIpc) is 2.75. The van der Waals surface area contributed by atoms with Crippen LogP contribution in [0.2, 0.25) is 0 Å². The third-order valence-corrected chi connectivity index (χ3v) is 6.71. The van der Waals surface area contributed by atoms with Gasteiger partial charge in [0.15, 0.2) is 6.61 Å². The zero-order valence-electron chi connectivity index (χ0n) is 17.1. The number of carbonyl (C=O) groups excluding carboxylic acids is 1. The summed E-state index contributed by atoms with van der Waals surface area (Å²) in [6.45, 7) is 3.80. The molecule has 0 spiro atoms. The molecule has 3 aromatic rings. The second-order valence-corrected chi connectivity index (χ2v) is 9.27. The largest absolute Gasteiger partial charge is 0.494 e. The van der Waals surface area contributed by atoms with Crippen LogP contribution in [0.25, 0.3) is 0 Å². The van der Waals surface area contributed by atoms with Crippen LogP contribution in [0.1, 0.15) is 12.5 Å². The van der Waals surface area contributed by atoms with Crippen LogP contribution in [-0.4, -0.2) is 27.5 Å². The van der Waals surface area contributed by atoms with Gasteiger partial charge >= 0.3 is 0 Å². The molecule has 0 aliphatic carbocycles. The van der Waals surface area contributed by atoms with Crippen LogP contribution in [-0.2, 0) is 14.8 Å². The first-order valence-electron chi connectivity index (χ1n) is 9.58. The predicted octanol–water partition coefficient (Wildman–Crippen LogP) is 4.96. The molecule has 0 aliphatic heterocycles. The van der Waals surface area contributed by atoms with Crippen molar-refractivity contribution in [2.45, 2.75) is 18.7 Å². The number of anilines is 1. The van der Waals surface area contributed by atoms with E-state index in [9.17, 15) is 13.2 Å². The number of hydrogen-bond donors (Lipinski definition) is 0. The van der Waals surface area contributed by atoms with Crippen LogP contribution in [0.3, 0.4) is 0 Å². The van der Waals surface area contributed by atoms with Gasteiger partial charge in [0.05, 0.1) is 21.7 Å². The van der Waals surface area contributed by atoms with Crippen LogP contribution in [0.15, 0.2) is 82.2 Å². The van der Waals surface area contributed by atoms with Crippen molar-refractivity contribution in [3.05, 3.63) is 82.8 Å². The summed E-state index contributed by atoms with van der Waals surface area (Å²) in [4.78, 5) is 13.1. The maximum absolute atomic E-state index is 13.3. The summed E-state index contributed by atoms with van der Waals surface area (Å²) in [6, 6.07) is 19.5. The van der Waals surface area contributed by atoms with Gasteiger partial charge in [-0.1, -0.05) is 24.3 Å². The highest BCUT2D eigenvalue weighted by molar-refractivity contribution is 9.10. The van der Waals surface area contributed by atoms with Crippen molar-refractivity contribution in [1.82, 2.24) is 0 Å². The summed E-state index contributed by atoms with van der Waals surface area (Å²) in [5.74, 6) is 0.304. The van der Waals surface area contributed by atoms with Crippen molar-refractivity contribution >= 4 is 37.5 Å². The van der Waals surface area contributed by atoms with Crippen molar-refractivity contribution in [3.63, 3.8) is 0 Å². The first-order valence-corrected chi connectivity index (χ1v) is 11.8. The SMILES string of the molecule is CCOc1ccc(N(C(=O)COc2ccc(C)cc2Br)S(=O)(=O)c2ccccc2)cc1. The Balaban J connectivity index is 1.94. The van der Waals surface area contributed by atoms with Gasteiger partial charge in [0.25, 0.3) is 15.9 Å². The minimum atomic E-state index is -4.15. The molecule has 0 heterocycles. The molecule has 162 valence electrons. The third kappa shape index (κ3) is 5.45. The lowest BCUT2D eigenvalue weighted by Crippen LogP contribution is -2.40. The van der Waals surface area contributed by atoms with Crippen LogP contribution < -0.4 is 13.8 Å². The molecule has 0 aliphatic rings. The number of carbonyl (C=O) groups is 1. The molecule has 0 saturated carbocycles. The standard InChI is InChI=1S/C23H22BrNO5S/c1-3-29-19-12-10-18(11-13-19)25(31(27,28)20-7-5-4-6-8-20)23(26)16-30-22-14-9-17(2)15-21(22)24/h4-15H,3,16H2,1-2H3. The van der Waals surface area contributed by atoms with Crippen LogP contribution in [0.4, 0.5) is 5.69 Å². The Morgan fingerprint density at radius 3 is 2.26 bits per heavy atom. The highest BCUT2D eigenvalue weighted by Crippen LogP contribution is 2.28. The lowest BCUT2D eigenvalue weighted by atomic mass is 10.2. The van der Waals surface area contributed by atoms with E-state index in [0.29, 0.717) is 22.6 Å². The zero-order valence-corrected chi connectivity index (χ0v) is 19.5. The van der Waals surface area contributed by atoms with Gasteiger partial charge in [-0.25, -0.2) is 8.42 Å². The van der Waals surface area contributed by atoms with E-state index < -0.39 is 22.5 Å². The van der Waals surface area contributed by atoms with Crippen molar-refractivity contribution in [2.24, 2.45) is 0 Å². The summed E-state index contributed by atoms with van der Waals surface area (Å²) in [6.07, 6.45) is 0. The molecule has 1 amide bonds. The van der Waals surface area contributed by atoms with E-state index in [0.717, 1.165) is 9.87 Å². The Kier molecular flexibility index (Phi) is 7.35. The Bertz CT molecular complexity index is 1150. The molecule has 0 radical (unpaired) electrons. The molecule has 0 unspecified atom stereocenters. The third-order valence-electron chi connectivity index (χ3n) is 4.33. The molecule has 0 N–H and O–H groups in total. The van der Waals surface area contributed by atoms with E-state index in [2.05, 4.69) is 15.9 Å². The summed E-state index contributed by atoms with van der Waals surface area (Å²) in [7, 11) is -4.15. The second kappa shape index (κ2) is 9.98. The van der Waals surface area contributed by atoms with E-state index >= 15 is 0 Å². The van der Waals surface area contributed by atoms with Gasteiger partial charge in [-0.15, -0.1) is 0 Å². The first-order chi connectivity index (χ1) is 14.8. The van der Waals surface area contributed by atoms with Crippen molar-refractivity contribution in [3.8, 4) is 11.5 Å². The molecule has 0 saturated heterocycles. The molecular formula is C23H22BrNO5S. The number of hydrogen-bond acceptors (Lipinski definition) is 5. The number of amides is 1. The molecule has 0 fully saturated rings. The Morgan fingerprint density at radius 2 is 1.65 bits per heavy atom. The molecular weight excluding hydrogens is 482 g/mol. The zero-order chi connectivity index (χ0) is 22.4. The van der Waals surface area contributed by atoms with E-state index in [-0.39, 0.29) is 10.6 Å². The summed E-state index contributed by atoms with van der Waals surface area (Å²) < 4.78 is 39.1. The van der Waals surface area contributed by atoms with E-state index in [1.807, 2.05) is 26.0 Å². The molecule has 31 heavy (non-hydrogen) atoms. The molecule has 8 heteroatoms. The van der Waals surface area contributed by atoms with Crippen molar-refractivity contribution < 1.29 is 22.7 Å². The van der Waals surface area contributed by atoms with Gasteiger partial charge in [0.1, 0.15) is 11.5 Å². The first kappa shape index (κ1) is 22.8. The van der Waals surface area contributed by atoms with Gasteiger partial charge in [-0.3, -0.25) is 4.79 Å². The number of sulfonamides is 1. The highest BCUT2D eigenvalue weighted by Gasteiger charge is 2.31.